The summed E-state index contributed by atoms with van der Waals surface area (Å²) < 4.78 is 16.6. The van der Waals surface area contributed by atoms with Crippen molar-refractivity contribution in [3.63, 3.8) is 0 Å². The van der Waals surface area contributed by atoms with Gasteiger partial charge in [-0.05, 0) is 5.56 Å². The SMILES string of the molecule is COC[C@@H](NC(=O)Nc1cc2[nH]nc(OC3CCOCC3)c2cn1)c1ccccc1. The summed E-state index contributed by atoms with van der Waals surface area (Å²) in [5, 5.41) is 13.6. The maximum atomic E-state index is 12.5. The summed E-state index contributed by atoms with van der Waals surface area (Å²) in [6, 6.07) is 10.7. The molecule has 4 rings (SSSR count). The van der Waals surface area contributed by atoms with Crippen molar-refractivity contribution in [1.29, 1.82) is 0 Å². The van der Waals surface area contributed by atoms with Crippen molar-refractivity contribution in [2.45, 2.75) is 25.0 Å². The first-order valence-corrected chi connectivity index (χ1v) is 9.93. The van der Waals surface area contributed by atoms with Crippen molar-refractivity contribution in [1.82, 2.24) is 20.5 Å². The normalized spacial score (nSPS) is 15.6. The van der Waals surface area contributed by atoms with Gasteiger partial charge in [0.15, 0.2) is 0 Å². The molecule has 0 spiro atoms. The average molecular weight is 411 g/mol. The fourth-order valence-corrected chi connectivity index (χ4v) is 3.38. The van der Waals surface area contributed by atoms with Crippen molar-refractivity contribution in [3.05, 3.63) is 48.2 Å². The minimum atomic E-state index is -0.369. The largest absolute Gasteiger partial charge is 0.473 e. The number of hydrogen-bond acceptors (Lipinski definition) is 6. The Hall–Kier alpha value is -3.17. The third kappa shape index (κ3) is 4.87. The summed E-state index contributed by atoms with van der Waals surface area (Å²) in [6.07, 6.45) is 3.41. The molecule has 1 atom stereocenters. The van der Waals surface area contributed by atoms with Crippen LogP contribution in [0.4, 0.5) is 10.6 Å². The molecule has 3 N–H and O–H groups in total. The van der Waals surface area contributed by atoms with E-state index in [1.807, 2.05) is 30.3 Å². The Labute approximate surface area is 174 Å². The molecule has 0 radical (unpaired) electrons. The molecule has 1 aromatic carbocycles. The fourth-order valence-electron chi connectivity index (χ4n) is 3.38. The van der Waals surface area contributed by atoms with Crippen LogP contribution in [-0.2, 0) is 9.47 Å². The molecule has 2 amide bonds. The van der Waals surface area contributed by atoms with Gasteiger partial charge in [0.05, 0.1) is 36.8 Å². The first-order chi connectivity index (χ1) is 14.7. The minimum absolute atomic E-state index is 0.0875. The van der Waals surface area contributed by atoms with Gasteiger partial charge in [-0.1, -0.05) is 30.3 Å². The van der Waals surface area contributed by atoms with E-state index in [2.05, 4.69) is 25.8 Å². The molecule has 0 aliphatic carbocycles. The highest BCUT2D eigenvalue weighted by Gasteiger charge is 2.19. The van der Waals surface area contributed by atoms with Gasteiger partial charge in [0.25, 0.3) is 0 Å². The maximum Gasteiger partial charge on any atom is 0.320 e. The van der Waals surface area contributed by atoms with Crippen molar-refractivity contribution in [3.8, 4) is 5.88 Å². The number of anilines is 1. The molecule has 0 unspecified atom stereocenters. The summed E-state index contributed by atoms with van der Waals surface area (Å²) in [5.74, 6) is 0.926. The predicted molar refractivity (Wildman–Crippen MR) is 112 cm³/mol. The number of ether oxygens (including phenoxy) is 3. The summed E-state index contributed by atoms with van der Waals surface area (Å²) in [5.41, 5.74) is 1.69. The zero-order valence-corrected chi connectivity index (χ0v) is 16.8. The van der Waals surface area contributed by atoms with Crippen LogP contribution in [0.15, 0.2) is 42.6 Å². The first kappa shape index (κ1) is 20.1. The molecule has 1 aliphatic rings. The van der Waals surface area contributed by atoms with Crippen molar-refractivity contribution < 1.29 is 19.0 Å². The van der Waals surface area contributed by atoms with Crippen LogP contribution < -0.4 is 15.4 Å². The maximum absolute atomic E-state index is 12.5. The fraction of sp³-hybridized carbons (Fsp3) is 0.381. The van der Waals surface area contributed by atoms with Gasteiger partial charge in [-0.3, -0.25) is 10.4 Å². The number of amides is 2. The number of urea groups is 1. The monoisotopic (exact) mass is 411 g/mol. The van der Waals surface area contributed by atoms with Gasteiger partial charge in [-0.2, -0.15) is 0 Å². The van der Waals surface area contributed by atoms with Crippen LogP contribution in [0.25, 0.3) is 10.9 Å². The quantitative estimate of drug-likeness (QED) is 0.551. The third-order valence-corrected chi connectivity index (χ3v) is 4.94. The number of rotatable bonds is 7. The molecule has 9 nitrogen and oxygen atoms in total. The number of fused-ring (bicyclic) bond motifs is 1. The lowest BCUT2D eigenvalue weighted by molar-refractivity contribution is 0.0243. The van der Waals surface area contributed by atoms with Crippen molar-refractivity contribution in [2.24, 2.45) is 0 Å². The zero-order valence-electron chi connectivity index (χ0n) is 16.8. The van der Waals surface area contributed by atoms with Crippen LogP contribution in [0.5, 0.6) is 5.88 Å². The lowest BCUT2D eigenvalue weighted by atomic mass is 10.1. The number of aromatic nitrogens is 3. The second-order valence-electron chi connectivity index (χ2n) is 7.09. The second kappa shape index (κ2) is 9.55. The Kier molecular flexibility index (Phi) is 6.41. The summed E-state index contributed by atoms with van der Waals surface area (Å²) in [7, 11) is 1.60. The van der Waals surface area contributed by atoms with E-state index in [0.29, 0.717) is 31.5 Å². The van der Waals surface area contributed by atoms with Gasteiger partial charge in [-0.25, -0.2) is 9.78 Å². The lowest BCUT2D eigenvalue weighted by Crippen LogP contribution is -2.35. The van der Waals surface area contributed by atoms with Crippen LogP contribution in [0.1, 0.15) is 24.4 Å². The Morgan fingerprint density at radius 3 is 2.87 bits per heavy atom. The smallest absolute Gasteiger partial charge is 0.320 e. The number of pyridine rings is 1. The molecule has 3 aromatic rings. The van der Waals surface area contributed by atoms with E-state index in [-0.39, 0.29) is 18.2 Å². The summed E-state index contributed by atoms with van der Waals surface area (Å²) >= 11 is 0. The molecule has 2 aromatic heterocycles. The Bertz CT molecular complexity index is 972. The van der Waals surface area contributed by atoms with E-state index in [1.54, 1.807) is 19.4 Å². The van der Waals surface area contributed by atoms with E-state index in [9.17, 15) is 4.79 Å². The van der Waals surface area contributed by atoms with Crippen LogP contribution in [0, 0.1) is 0 Å². The standard InChI is InChI=1S/C21H25N5O4/c1-28-13-18(14-5-3-2-4-6-14)23-21(27)24-19-11-17-16(12-22-19)20(26-25-17)30-15-7-9-29-10-8-15/h2-6,11-12,15,18H,7-10,13H2,1H3,(H,25,26)(H2,22,23,24,27)/t18-/m1/s1. The number of hydrogen-bond donors (Lipinski definition) is 3. The molecular formula is C21H25N5O4. The van der Waals surface area contributed by atoms with E-state index in [1.165, 1.54) is 0 Å². The molecule has 158 valence electrons. The number of H-pyrrole nitrogens is 1. The molecule has 30 heavy (non-hydrogen) atoms. The number of nitrogens with one attached hydrogen (secondary N) is 3. The topological polar surface area (TPSA) is 110 Å². The second-order valence-corrected chi connectivity index (χ2v) is 7.09. The van der Waals surface area contributed by atoms with E-state index >= 15 is 0 Å². The third-order valence-electron chi connectivity index (χ3n) is 4.94. The lowest BCUT2D eigenvalue weighted by Gasteiger charge is -2.22. The van der Waals surface area contributed by atoms with Crippen molar-refractivity contribution in [2.75, 3.05) is 32.2 Å². The van der Waals surface area contributed by atoms with Crippen LogP contribution in [0.3, 0.4) is 0 Å². The molecular weight excluding hydrogens is 386 g/mol. The van der Waals surface area contributed by atoms with Gasteiger partial charge in [0.1, 0.15) is 11.9 Å². The van der Waals surface area contributed by atoms with Crippen molar-refractivity contribution >= 4 is 22.8 Å². The number of benzene rings is 1. The predicted octanol–water partition coefficient (Wildman–Crippen LogP) is 3.02. The van der Waals surface area contributed by atoms with Crippen LogP contribution >= 0.6 is 0 Å². The van der Waals surface area contributed by atoms with Gasteiger partial charge in [0, 0.05) is 32.2 Å². The Morgan fingerprint density at radius 2 is 2.10 bits per heavy atom. The molecule has 1 fully saturated rings. The number of aromatic amines is 1. The molecule has 1 aliphatic heterocycles. The first-order valence-electron chi connectivity index (χ1n) is 9.93. The molecule has 1 saturated heterocycles. The highest BCUT2D eigenvalue weighted by atomic mass is 16.5. The zero-order chi connectivity index (χ0) is 20.8. The molecule has 0 bridgehead atoms. The van der Waals surface area contributed by atoms with Gasteiger partial charge >= 0.3 is 6.03 Å². The van der Waals surface area contributed by atoms with Crippen LogP contribution in [-0.4, -0.2) is 54.2 Å². The number of carbonyl (C=O) groups excluding carboxylic acids is 1. The Morgan fingerprint density at radius 1 is 1.30 bits per heavy atom. The summed E-state index contributed by atoms with van der Waals surface area (Å²) in [6.45, 7) is 1.75. The van der Waals surface area contributed by atoms with Gasteiger partial charge in [-0.15, -0.1) is 5.10 Å². The number of methoxy groups -OCH3 is 1. The molecule has 3 heterocycles. The van der Waals surface area contributed by atoms with Crippen LogP contribution in [0.2, 0.25) is 0 Å². The Balaban J connectivity index is 1.41. The average Bonchev–Trinajstić information content (AvgIpc) is 3.16. The number of nitrogens with zero attached hydrogens (tertiary/aromatic N) is 2. The van der Waals surface area contributed by atoms with E-state index < -0.39 is 0 Å². The van der Waals surface area contributed by atoms with E-state index in [4.69, 9.17) is 14.2 Å². The highest BCUT2D eigenvalue weighted by Crippen LogP contribution is 2.26. The molecule has 9 heteroatoms. The number of carbonyl (C=O) groups is 1. The minimum Gasteiger partial charge on any atom is -0.473 e. The summed E-state index contributed by atoms with van der Waals surface area (Å²) in [4.78, 5) is 16.8. The van der Waals surface area contributed by atoms with Gasteiger partial charge in [0.2, 0.25) is 5.88 Å². The van der Waals surface area contributed by atoms with E-state index in [0.717, 1.165) is 29.3 Å². The molecule has 0 saturated carbocycles. The van der Waals surface area contributed by atoms with Gasteiger partial charge < -0.3 is 19.5 Å². The highest BCUT2D eigenvalue weighted by molar-refractivity contribution is 5.92.